The van der Waals surface area contributed by atoms with Crippen molar-refractivity contribution in [1.29, 1.82) is 0 Å². The summed E-state index contributed by atoms with van der Waals surface area (Å²) in [6.07, 6.45) is 7.47. The number of hydrogen-bond acceptors (Lipinski definition) is 5. The number of phenols is 2. The molecule has 0 saturated carbocycles. The number of aromatic hydroxyl groups is 2. The summed E-state index contributed by atoms with van der Waals surface area (Å²) >= 11 is 0. The predicted octanol–water partition coefficient (Wildman–Crippen LogP) is 10.4. The van der Waals surface area contributed by atoms with Gasteiger partial charge in [0, 0.05) is 40.7 Å². The van der Waals surface area contributed by atoms with E-state index >= 15 is 0 Å². The van der Waals surface area contributed by atoms with E-state index in [0.29, 0.717) is 40.1 Å². The molecule has 5 nitrogen and oxygen atoms in total. The van der Waals surface area contributed by atoms with Crippen molar-refractivity contribution in [1.82, 2.24) is 0 Å². The average molecular weight is 599 g/mol. The summed E-state index contributed by atoms with van der Waals surface area (Å²) in [6, 6.07) is 13.9. The van der Waals surface area contributed by atoms with Crippen LogP contribution in [0.15, 0.2) is 52.4 Å². The number of ether oxygens (including phenoxy) is 1. The highest BCUT2D eigenvalue weighted by Gasteiger charge is 2.22. The molecule has 0 aliphatic rings. The second kappa shape index (κ2) is 14.5. The molecular weight excluding hydrogens is 544 g/mol. The Morgan fingerprint density at radius 2 is 1.09 bits per heavy atom. The average Bonchev–Trinajstić information content (AvgIpc) is 2.93. The molecule has 0 aromatic heterocycles. The third-order valence-corrected chi connectivity index (χ3v) is 7.90. The van der Waals surface area contributed by atoms with E-state index in [1.807, 2.05) is 30.3 Å². The highest BCUT2D eigenvalue weighted by Crippen LogP contribution is 2.38. The molecule has 0 spiro atoms. The number of aryl methyl sites for hydroxylation is 2. The molecular formula is C39H54N2O3. The zero-order valence-corrected chi connectivity index (χ0v) is 28.9. The molecule has 0 radical (unpaired) electrons. The maximum atomic E-state index is 11.3. The van der Waals surface area contributed by atoms with Crippen LogP contribution in [0.5, 0.6) is 17.2 Å². The molecule has 5 heteroatoms. The Hall–Kier alpha value is -3.60. The molecule has 0 unspecified atom stereocenters. The third-order valence-electron chi connectivity index (χ3n) is 7.90. The van der Waals surface area contributed by atoms with E-state index < -0.39 is 0 Å². The number of methoxy groups -OCH3 is 1. The van der Waals surface area contributed by atoms with Gasteiger partial charge in [0.1, 0.15) is 17.2 Å². The Morgan fingerprint density at radius 1 is 0.659 bits per heavy atom. The van der Waals surface area contributed by atoms with E-state index in [1.54, 1.807) is 19.5 Å². The van der Waals surface area contributed by atoms with Crippen molar-refractivity contribution >= 4 is 23.8 Å². The summed E-state index contributed by atoms with van der Waals surface area (Å²) in [5.74, 6) is 2.35. The van der Waals surface area contributed by atoms with Crippen LogP contribution >= 0.6 is 0 Å². The molecule has 0 bridgehead atoms. The van der Waals surface area contributed by atoms with Crippen molar-refractivity contribution in [3.63, 3.8) is 0 Å². The molecule has 0 saturated heterocycles. The highest BCUT2D eigenvalue weighted by molar-refractivity contribution is 5.90. The summed E-state index contributed by atoms with van der Waals surface area (Å²) < 4.78 is 5.50. The van der Waals surface area contributed by atoms with Gasteiger partial charge < -0.3 is 14.9 Å². The number of phenolic OH excluding ortho intramolecular Hbond substituents is 2. The fourth-order valence-corrected chi connectivity index (χ4v) is 5.10. The highest BCUT2D eigenvalue weighted by atomic mass is 16.5. The Labute approximate surface area is 266 Å². The zero-order chi connectivity index (χ0) is 32.8. The smallest absolute Gasteiger partial charge is 0.128 e. The minimum absolute atomic E-state index is 0.215. The van der Waals surface area contributed by atoms with Gasteiger partial charge in [-0.15, -0.1) is 0 Å². The van der Waals surface area contributed by atoms with E-state index in [1.165, 1.54) is 11.1 Å². The van der Waals surface area contributed by atoms with Gasteiger partial charge in [-0.3, -0.25) is 9.98 Å². The van der Waals surface area contributed by atoms with Gasteiger partial charge in [-0.2, -0.15) is 0 Å². The fraction of sp³-hybridized carbons (Fsp3) is 0.487. The molecule has 0 amide bonds. The molecule has 0 aliphatic carbocycles. The van der Waals surface area contributed by atoms with Crippen LogP contribution in [-0.4, -0.2) is 29.8 Å². The second-order valence-corrected chi connectivity index (χ2v) is 14.9. The lowest BCUT2D eigenvalue weighted by Crippen LogP contribution is -2.13. The number of nitrogens with zero attached hydrogens (tertiary/aromatic N) is 2. The van der Waals surface area contributed by atoms with Gasteiger partial charge in [-0.1, -0.05) is 81.4 Å². The van der Waals surface area contributed by atoms with E-state index in [9.17, 15) is 10.2 Å². The fourth-order valence-electron chi connectivity index (χ4n) is 5.10. The first-order valence-electron chi connectivity index (χ1n) is 16.0. The van der Waals surface area contributed by atoms with Crippen LogP contribution in [0.2, 0.25) is 0 Å². The number of benzene rings is 3. The largest absolute Gasteiger partial charge is 0.507 e. The van der Waals surface area contributed by atoms with E-state index in [0.717, 1.165) is 36.8 Å². The van der Waals surface area contributed by atoms with E-state index in [2.05, 4.69) is 81.4 Å². The number of hydrogen-bond donors (Lipinski definition) is 2. The van der Waals surface area contributed by atoms with Crippen LogP contribution in [0.25, 0.3) is 0 Å². The summed E-state index contributed by atoms with van der Waals surface area (Å²) in [5, 5.41) is 22.5. The normalized spacial score (nSPS) is 12.8. The van der Waals surface area contributed by atoms with Crippen molar-refractivity contribution < 1.29 is 14.9 Å². The molecule has 0 atom stereocenters. The van der Waals surface area contributed by atoms with Crippen LogP contribution < -0.4 is 4.74 Å². The molecule has 3 aromatic carbocycles. The molecule has 3 rings (SSSR count). The SMILES string of the molecule is COc1ccc(N=Cc2cc(CCC(C)C)cc(C(C)(C)C)c2O)c(N=Cc2cc(CCC(C)C)cc(C(C)(C)C)c2O)c1. The van der Waals surface area contributed by atoms with Gasteiger partial charge >= 0.3 is 0 Å². The van der Waals surface area contributed by atoms with Crippen LogP contribution in [-0.2, 0) is 23.7 Å². The molecule has 44 heavy (non-hydrogen) atoms. The van der Waals surface area contributed by atoms with Gasteiger partial charge in [-0.05, 0) is 83.7 Å². The molecule has 238 valence electrons. The van der Waals surface area contributed by atoms with Gasteiger partial charge in [0.05, 0.1) is 18.5 Å². The van der Waals surface area contributed by atoms with Gasteiger partial charge in [0.2, 0.25) is 0 Å². The number of aliphatic imine (C=N–C) groups is 2. The molecule has 2 N–H and O–H groups in total. The molecule has 0 heterocycles. The van der Waals surface area contributed by atoms with Gasteiger partial charge in [-0.25, -0.2) is 0 Å². The summed E-state index contributed by atoms with van der Waals surface area (Å²) in [4.78, 5) is 9.64. The van der Waals surface area contributed by atoms with Crippen LogP contribution in [0.1, 0.15) is 115 Å². The first-order valence-corrected chi connectivity index (χ1v) is 16.0. The predicted molar refractivity (Wildman–Crippen MR) is 187 cm³/mol. The van der Waals surface area contributed by atoms with E-state index in [4.69, 9.17) is 14.7 Å². The minimum atomic E-state index is -0.219. The maximum Gasteiger partial charge on any atom is 0.128 e. The number of rotatable bonds is 11. The first-order chi connectivity index (χ1) is 20.5. The third kappa shape index (κ3) is 9.45. The monoisotopic (exact) mass is 598 g/mol. The second-order valence-electron chi connectivity index (χ2n) is 14.9. The summed E-state index contributed by atoms with van der Waals surface area (Å²) in [5.41, 5.74) is 6.38. The van der Waals surface area contributed by atoms with Crippen LogP contribution in [0.4, 0.5) is 11.4 Å². The van der Waals surface area contributed by atoms with Crippen molar-refractivity contribution in [2.45, 2.75) is 106 Å². The van der Waals surface area contributed by atoms with Gasteiger partial charge in [0.25, 0.3) is 0 Å². The van der Waals surface area contributed by atoms with Crippen molar-refractivity contribution in [2.75, 3.05) is 7.11 Å². The molecule has 3 aromatic rings. The topological polar surface area (TPSA) is 74.4 Å². The summed E-state index contributed by atoms with van der Waals surface area (Å²) in [7, 11) is 1.63. The zero-order valence-electron chi connectivity index (χ0n) is 28.9. The Morgan fingerprint density at radius 3 is 1.48 bits per heavy atom. The van der Waals surface area contributed by atoms with Gasteiger partial charge in [0.15, 0.2) is 0 Å². The van der Waals surface area contributed by atoms with Crippen LogP contribution in [0.3, 0.4) is 0 Å². The van der Waals surface area contributed by atoms with Crippen molar-refractivity contribution in [3.05, 3.63) is 75.8 Å². The Balaban J connectivity index is 2.09. The summed E-state index contributed by atoms with van der Waals surface area (Å²) in [6.45, 7) is 21.6. The molecule has 0 fully saturated rings. The quantitative estimate of drug-likeness (QED) is 0.216. The Bertz CT molecular complexity index is 1480. The minimum Gasteiger partial charge on any atom is -0.507 e. The molecule has 0 aliphatic heterocycles. The van der Waals surface area contributed by atoms with Crippen LogP contribution in [0, 0.1) is 11.8 Å². The maximum absolute atomic E-state index is 11.3. The lowest BCUT2D eigenvalue weighted by molar-refractivity contribution is 0.415. The lowest BCUT2D eigenvalue weighted by Gasteiger charge is -2.23. The van der Waals surface area contributed by atoms with Crippen molar-refractivity contribution in [3.8, 4) is 17.2 Å². The first kappa shape index (κ1) is 34.9. The lowest BCUT2D eigenvalue weighted by atomic mass is 9.83. The Kier molecular flexibility index (Phi) is 11.5. The standard InChI is InChI=1S/C39H54N2O3/c1-25(2)12-14-27-18-29(36(42)32(20-27)38(5,6)7)23-40-34-17-16-31(44-11)22-35(34)41-24-30-19-28(15-13-26(3)4)21-33(37(30)43)39(8,9)10/h16-26,42-43H,12-15H2,1-11H3. The van der Waals surface area contributed by atoms with Crippen molar-refractivity contribution in [2.24, 2.45) is 21.8 Å². The van der Waals surface area contributed by atoms with E-state index in [-0.39, 0.29) is 22.3 Å².